The molecule has 0 atom stereocenters. The average Bonchev–Trinajstić information content (AvgIpc) is 2.16. The molecule has 0 amide bonds. The van der Waals surface area contributed by atoms with Crippen molar-refractivity contribution < 1.29 is 4.39 Å². The van der Waals surface area contributed by atoms with Crippen LogP contribution in [-0.2, 0) is 13.0 Å². The molecule has 3 heteroatoms. The molecule has 0 fully saturated rings. The highest BCUT2D eigenvalue weighted by atomic mass is 19.1. The third-order valence-electron chi connectivity index (χ3n) is 2.18. The number of hydrogen-bond donors (Lipinski definition) is 1. The van der Waals surface area contributed by atoms with Crippen LogP contribution in [0.25, 0.3) is 0 Å². The molecule has 2 N–H and O–H groups in total. The predicted octanol–water partition coefficient (Wildman–Crippen LogP) is 1.39. The summed E-state index contributed by atoms with van der Waals surface area (Å²) >= 11 is 0. The van der Waals surface area contributed by atoms with Crippen molar-refractivity contribution in [3.05, 3.63) is 35.1 Å². The van der Waals surface area contributed by atoms with Gasteiger partial charge in [-0.2, -0.15) is 0 Å². The highest BCUT2D eigenvalue weighted by molar-refractivity contribution is 5.25. The molecule has 0 saturated carbocycles. The lowest BCUT2D eigenvalue weighted by Gasteiger charge is -2.10. The molecule has 0 spiro atoms. The Morgan fingerprint density at radius 1 is 1.36 bits per heavy atom. The third-order valence-corrected chi connectivity index (χ3v) is 2.18. The van der Waals surface area contributed by atoms with Crippen molar-refractivity contribution in [2.75, 3.05) is 20.6 Å². The van der Waals surface area contributed by atoms with Gasteiger partial charge in [0.2, 0.25) is 0 Å². The summed E-state index contributed by atoms with van der Waals surface area (Å²) in [6.45, 7) is 1.23. The van der Waals surface area contributed by atoms with Crippen molar-refractivity contribution in [2.24, 2.45) is 5.73 Å². The molecule has 0 aromatic heterocycles. The summed E-state index contributed by atoms with van der Waals surface area (Å²) in [6, 6.07) is 5.16. The highest BCUT2D eigenvalue weighted by Crippen LogP contribution is 2.10. The lowest BCUT2D eigenvalue weighted by atomic mass is 10.1. The molecule has 0 bridgehead atoms. The van der Waals surface area contributed by atoms with Crippen LogP contribution < -0.4 is 5.73 Å². The maximum Gasteiger partial charge on any atom is 0.127 e. The third kappa shape index (κ3) is 3.09. The van der Waals surface area contributed by atoms with Gasteiger partial charge in [0, 0.05) is 18.7 Å². The predicted molar refractivity (Wildman–Crippen MR) is 56.5 cm³/mol. The first-order valence-corrected chi connectivity index (χ1v) is 4.75. The van der Waals surface area contributed by atoms with Gasteiger partial charge in [-0.15, -0.1) is 0 Å². The van der Waals surface area contributed by atoms with Crippen molar-refractivity contribution in [1.29, 1.82) is 0 Å². The smallest absolute Gasteiger partial charge is 0.127 e. The van der Waals surface area contributed by atoms with E-state index < -0.39 is 0 Å². The summed E-state index contributed by atoms with van der Waals surface area (Å²) in [7, 11) is 4.04. The van der Waals surface area contributed by atoms with Crippen molar-refractivity contribution >= 4 is 0 Å². The van der Waals surface area contributed by atoms with Crippen LogP contribution in [0.2, 0.25) is 0 Å². The monoisotopic (exact) mass is 196 g/mol. The summed E-state index contributed by atoms with van der Waals surface area (Å²) in [5, 5.41) is 0. The normalized spacial score (nSPS) is 10.9. The zero-order valence-corrected chi connectivity index (χ0v) is 8.76. The SMILES string of the molecule is CN(C)CCc1ccc(F)c(CN)c1. The van der Waals surface area contributed by atoms with Crippen LogP contribution in [-0.4, -0.2) is 25.5 Å². The number of rotatable bonds is 4. The van der Waals surface area contributed by atoms with Gasteiger partial charge in [-0.25, -0.2) is 4.39 Å². The molecule has 0 aliphatic heterocycles. The molecule has 0 heterocycles. The van der Waals surface area contributed by atoms with Crippen LogP contribution in [0.3, 0.4) is 0 Å². The van der Waals surface area contributed by atoms with E-state index in [1.54, 1.807) is 0 Å². The fraction of sp³-hybridized carbons (Fsp3) is 0.455. The Bertz CT molecular complexity index is 297. The van der Waals surface area contributed by atoms with Crippen LogP contribution in [0.4, 0.5) is 4.39 Å². The van der Waals surface area contributed by atoms with Crippen molar-refractivity contribution in [3.63, 3.8) is 0 Å². The standard InChI is InChI=1S/C11H17FN2/c1-14(2)6-5-9-3-4-11(12)10(7-9)8-13/h3-4,7H,5-6,8,13H2,1-2H3. The van der Waals surface area contributed by atoms with Crippen molar-refractivity contribution in [2.45, 2.75) is 13.0 Å². The number of likely N-dealkylation sites (N-methyl/N-ethyl adjacent to an activating group) is 1. The average molecular weight is 196 g/mol. The summed E-state index contributed by atoms with van der Waals surface area (Å²) in [5.74, 6) is -0.207. The number of hydrogen-bond acceptors (Lipinski definition) is 2. The maximum absolute atomic E-state index is 13.1. The van der Waals surface area contributed by atoms with Gasteiger partial charge in [0.15, 0.2) is 0 Å². The summed E-state index contributed by atoms with van der Waals surface area (Å²) < 4.78 is 13.1. The zero-order valence-electron chi connectivity index (χ0n) is 8.76. The topological polar surface area (TPSA) is 29.3 Å². The minimum Gasteiger partial charge on any atom is -0.326 e. The first-order valence-electron chi connectivity index (χ1n) is 4.75. The molecule has 0 unspecified atom stereocenters. The van der Waals surface area contributed by atoms with E-state index in [0.29, 0.717) is 5.56 Å². The van der Waals surface area contributed by atoms with Gasteiger partial charge < -0.3 is 10.6 Å². The fourth-order valence-corrected chi connectivity index (χ4v) is 1.29. The second kappa shape index (κ2) is 5.08. The Morgan fingerprint density at radius 3 is 2.64 bits per heavy atom. The first kappa shape index (κ1) is 11.1. The minimum absolute atomic E-state index is 0.207. The number of nitrogens with zero attached hydrogens (tertiary/aromatic N) is 1. The Balaban J connectivity index is 2.69. The quantitative estimate of drug-likeness (QED) is 0.788. The second-order valence-electron chi connectivity index (χ2n) is 3.68. The fourth-order valence-electron chi connectivity index (χ4n) is 1.29. The molecule has 0 aliphatic rings. The second-order valence-corrected chi connectivity index (χ2v) is 3.68. The molecule has 1 aromatic rings. The molecular formula is C11H17FN2. The van der Waals surface area contributed by atoms with E-state index in [1.807, 2.05) is 26.2 Å². The summed E-state index contributed by atoms with van der Waals surface area (Å²) in [6.07, 6.45) is 0.931. The van der Waals surface area contributed by atoms with E-state index in [4.69, 9.17) is 5.73 Å². The van der Waals surface area contributed by atoms with Crippen molar-refractivity contribution in [3.8, 4) is 0 Å². The van der Waals surface area contributed by atoms with E-state index in [2.05, 4.69) is 4.90 Å². The van der Waals surface area contributed by atoms with E-state index >= 15 is 0 Å². The van der Waals surface area contributed by atoms with E-state index in [-0.39, 0.29) is 12.4 Å². The number of benzene rings is 1. The molecule has 78 valence electrons. The van der Waals surface area contributed by atoms with Crippen LogP contribution in [0.5, 0.6) is 0 Å². The summed E-state index contributed by atoms with van der Waals surface area (Å²) in [5.41, 5.74) is 7.16. The Morgan fingerprint density at radius 2 is 2.07 bits per heavy atom. The molecule has 0 radical (unpaired) electrons. The van der Waals surface area contributed by atoms with Gasteiger partial charge in [-0.05, 0) is 32.1 Å². The summed E-state index contributed by atoms with van der Waals surface area (Å²) in [4.78, 5) is 2.10. The zero-order chi connectivity index (χ0) is 10.6. The van der Waals surface area contributed by atoms with Crippen LogP contribution in [0.1, 0.15) is 11.1 Å². The van der Waals surface area contributed by atoms with Gasteiger partial charge in [-0.1, -0.05) is 12.1 Å². The van der Waals surface area contributed by atoms with Crippen LogP contribution >= 0.6 is 0 Å². The Hall–Kier alpha value is -0.930. The van der Waals surface area contributed by atoms with Gasteiger partial charge in [0.1, 0.15) is 5.82 Å². The first-order chi connectivity index (χ1) is 6.63. The number of nitrogens with two attached hydrogens (primary N) is 1. The highest BCUT2D eigenvalue weighted by Gasteiger charge is 2.01. The number of halogens is 1. The Labute approximate surface area is 84.5 Å². The van der Waals surface area contributed by atoms with Gasteiger partial charge in [-0.3, -0.25) is 0 Å². The van der Waals surface area contributed by atoms with E-state index in [0.717, 1.165) is 18.5 Å². The van der Waals surface area contributed by atoms with E-state index in [1.165, 1.54) is 6.07 Å². The van der Waals surface area contributed by atoms with Crippen LogP contribution in [0, 0.1) is 5.82 Å². The maximum atomic E-state index is 13.1. The van der Waals surface area contributed by atoms with E-state index in [9.17, 15) is 4.39 Å². The van der Waals surface area contributed by atoms with Crippen LogP contribution in [0.15, 0.2) is 18.2 Å². The van der Waals surface area contributed by atoms with Crippen molar-refractivity contribution in [1.82, 2.24) is 4.90 Å². The minimum atomic E-state index is -0.207. The van der Waals surface area contributed by atoms with Gasteiger partial charge in [0.25, 0.3) is 0 Å². The molecule has 0 saturated heterocycles. The van der Waals surface area contributed by atoms with Gasteiger partial charge in [0.05, 0.1) is 0 Å². The lowest BCUT2D eigenvalue weighted by Crippen LogP contribution is -2.15. The Kier molecular flexibility index (Phi) is 4.04. The molecule has 0 aliphatic carbocycles. The molecule has 1 aromatic carbocycles. The molecule has 2 nitrogen and oxygen atoms in total. The molecule has 14 heavy (non-hydrogen) atoms. The molecule has 1 rings (SSSR count). The largest absolute Gasteiger partial charge is 0.326 e. The molecular weight excluding hydrogens is 179 g/mol. The lowest BCUT2D eigenvalue weighted by molar-refractivity contribution is 0.413. The van der Waals surface area contributed by atoms with Gasteiger partial charge >= 0.3 is 0 Å².